The Morgan fingerprint density at radius 1 is 1.42 bits per heavy atom. The highest BCUT2D eigenvalue weighted by Crippen LogP contribution is 2.25. The fourth-order valence-electron chi connectivity index (χ4n) is 2.24. The molecule has 1 saturated carbocycles. The van der Waals surface area contributed by atoms with Gasteiger partial charge in [-0.15, -0.1) is 0 Å². The van der Waals surface area contributed by atoms with Crippen molar-refractivity contribution in [3.63, 3.8) is 0 Å². The van der Waals surface area contributed by atoms with Gasteiger partial charge < -0.3 is 4.74 Å². The number of hydrogen-bond acceptors (Lipinski definition) is 4. The van der Waals surface area contributed by atoms with Gasteiger partial charge in [-0.25, -0.2) is 4.79 Å². The zero-order valence-electron chi connectivity index (χ0n) is 10.3. The Hall–Kier alpha value is -1.98. The minimum Gasteiger partial charge on any atom is -0.462 e. The van der Waals surface area contributed by atoms with Crippen molar-refractivity contribution in [2.45, 2.75) is 25.7 Å². The van der Waals surface area contributed by atoms with Gasteiger partial charge in [0.2, 0.25) is 5.82 Å². The lowest BCUT2D eigenvalue weighted by molar-refractivity contribution is -0.387. The molecule has 0 aromatic heterocycles. The Balaban J connectivity index is 1.98. The Labute approximate surface area is 109 Å². The van der Waals surface area contributed by atoms with Crippen molar-refractivity contribution < 1.29 is 18.8 Å². The van der Waals surface area contributed by atoms with E-state index >= 15 is 0 Å². The highest BCUT2D eigenvalue weighted by molar-refractivity contribution is 5.89. The zero-order valence-corrected chi connectivity index (χ0v) is 10.3. The van der Waals surface area contributed by atoms with Crippen molar-refractivity contribution in [3.05, 3.63) is 39.7 Å². The van der Waals surface area contributed by atoms with E-state index in [1.807, 2.05) is 0 Å². The lowest BCUT2D eigenvalue weighted by Crippen LogP contribution is -2.12. The van der Waals surface area contributed by atoms with E-state index in [-0.39, 0.29) is 5.56 Å². The molecule has 0 spiro atoms. The van der Waals surface area contributed by atoms with E-state index in [0.717, 1.165) is 37.8 Å². The smallest absolute Gasteiger partial charge is 0.338 e. The van der Waals surface area contributed by atoms with Gasteiger partial charge in [0.1, 0.15) is 0 Å². The van der Waals surface area contributed by atoms with E-state index in [1.54, 1.807) is 0 Å². The van der Waals surface area contributed by atoms with Crippen LogP contribution in [0.4, 0.5) is 10.1 Å². The summed E-state index contributed by atoms with van der Waals surface area (Å²) in [6.07, 6.45) is 4.38. The number of carbonyl (C=O) groups is 1. The molecule has 102 valence electrons. The van der Waals surface area contributed by atoms with Crippen molar-refractivity contribution in [2.75, 3.05) is 6.61 Å². The summed E-state index contributed by atoms with van der Waals surface area (Å²) >= 11 is 0. The highest BCUT2D eigenvalue weighted by Gasteiger charge is 2.20. The molecular weight excluding hydrogens is 253 g/mol. The standard InChI is InChI=1S/C13H14FNO4/c14-11-7-10(5-6-12(11)15(17)18)13(16)19-8-9-3-1-2-4-9/h5-7,9H,1-4,8H2. The molecule has 0 aliphatic heterocycles. The Bertz CT molecular complexity index is 497. The number of nitrogens with zero attached hydrogens (tertiary/aromatic N) is 1. The first-order valence-corrected chi connectivity index (χ1v) is 6.19. The summed E-state index contributed by atoms with van der Waals surface area (Å²) in [5, 5.41) is 10.5. The third-order valence-corrected chi connectivity index (χ3v) is 3.30. The van der Waals surface area contributed by atoms with Crippen molar-refractivity contribution in [3.8, 4) is 0 Å². The largest absolute Gasteiger partial charge is 0.462 e. The maximum atomic E-state index is 13.4. The third-order valence-electron chi connectivity index (χ3n) is 3.30. The van der Waals surface area contributed by atoms with Crippen molar-refractivity contribution in [1.82, 2.24) is 0 Å². The van der Waals surface area contributed by atoms with E-state index in [1.165, 1.54) is 6.07 Å². The van der Waals surface area contributed by atoms with Gasteiger partial charge in [0.05, 0.1) is 17.1 Å². The summed E-state index contributed by atoms with van der Waals surface area (Å²) in [6.45, 7) is 0.331. The van der Waals surface area contributed by atoms with Crippen molar-refractivity contribution >= 4 is 11.7 Å². The van der Waals surface area contributed by atoms with Crippen LogP contribution < -0.4 is 0 Å². The second-order valence-corrected chi connectivity index (χ2v) is 4.67. The SMILES string of the molecule is O=C(OCC1CCCC1)c1ccc([N+](=O)[O-])c(F)c1. The summed E-state index contributed by atoms with van der Waals surface area (Å²) in [6, 6.07) is 3.02. The van der Waals surface area contributed by atoms with Gasteiger partial charge in [-0.3, -0.25) is 10.1 Å². The van der Waals surface area contributed by atoms with Gasteiger partial charge in [-0.05, 0) is 30.9 Å². The third kappa shape index (κ3) is 3.27. The number of nitro benzene ring substituents is 1. The number of rotatable bonds is 4. The number of ether oxygens (including phenoxy) is 1. The number of esters is 1. The predicted molar refractivity (Wildman–Crippen MR) is 65.3 cm³/mol. The van der Waals surface area contributed by atoms with Crippen LogP contribution in [-0.4, -0.2) is 17.5 Å². The fourth-order valence-corrected chi connectivity index (χ4v) is 2.24. The van der Waals surface area contributed by atoms with Crippen LogP contribution in [-0.2, 0) is 4.74 Å². The molecule has 1 aliphatic rings. The van der Waals surface area contributed by atoms with E-state index in [2.05, 4.69) is 0 Å². The molecular formula is C13H14FNO4. The monoisotopic (exact) mass is 267 g/mol. The average Bonchev–Trinajstić information content (AvgIpc) is 2.88. The van der Waals surface area contributed by atoms with Gasteiger partial charge in [-0.1, -0.05) is 12.8 Å². The molecule has 0 heterocycles. The number of carbonyl (C=O) groups excluding carboxylic acids is 1. The number of nitro groups is 1. The van der Waals surface area contributed by atoms with Gasteiger partial charge in [0.15, 0.2) is 0 Å². The van der Waals surface area contributed by atoms with Crippen LogP contribution in [0.15, 0.2) is 18.2 Å². The maximum absolute atomic E-state index is 13.4. The number of benzene rings is 1. The van der Waals surface area contributed by atoms with Crippen LogP contribution in [0.5, 0.6) is 0 Å². The maximum Gasteiger partial charge on any atom is 0.338 e. The van der Waals surface area contributed by atoms with Gasteiger partial charge in [0.25, 0.3) is 0 Å². The first-order valence-electron chi connectivity index (χ1n) is 6.19. The summed E-state index contributed by atoms with van der Waals surface area (Å²) < 4.78 is 18.4. The van der Waals surface area contributed by atoms with E-state index < -0.39 is 22.4 Å². The molecule has 2 rings (SSSR count). The van der Waals surface area contributed by atoms with Crippen molar-refractivity contribution in [1.29, 1.82) is 0 Å². The molecule has 0 bridgehead atoms. The molecule has 0 atom stereocenters. The molecule has 1 aromatic carbocycles. The first-order chi connectivity index (χ1) is 9.08. The van der Waals surface area contributed by atoms with Gasteiger partial charge in [-0.2, -0.15) is 4.39 Å². The van der Waals surface area contributed by atoms with Crippen LogP contribution in [0.25, 0.3) is 0 Å². The quantitative estimate of drug-likeness (QED) is 0.477. The number of hydrogen-bond donors (Lipinski definition) is 0. The van der Waals surface area contributed by atoms with Gasteiger partial charge in [0, 0.05) is 6.07 Å². The molecule has 0 N–H and O–H groups in total. The summed E-state index contributed by atoms with van der Waals surface area (Å²) in [5.41, 5.74) is -0.645. The van der Waals surface area contributed by atoms with E-state index in [9.17, 15) is 19.3 Å². The Morgan fingerprint density at radius 2 is 2.11 bits per heavy atom. The number of halogens is 1. The summed E-state index contributed by atoms with van der Waals surface area (Å²) in [4.78, 5) is 21.3. The Kier molecular flexibility index (Phi) is 4.09. The molecule has 0 unspecified atom stereocenters. The van der Waals surface area contributed by atoms with Crippen LogP contribution in [0, 0.1) is 21.8 Å². The molecule has 0 saturated heterocycles. The molecule has 0 amide bonds. The van der Waals surface area contributed by atoms with Crippen LogP contribution in [0.2, 0.25) is 0 Å². The first kappa shape index (κ1) is 13.5. The molecule has 6 heteroatoms. The minimum absolute atomic E-state index is 0.00102. The normalized spacial score (nSPS) is 15.4. The van der Waals surface area contributed by atoms with Crippen LogP contribution >= 0.6 is 0 Å². The predicted octanol–water partition coefficient (Wildman–Crippen LogP) is 3.08. The highest BCUT2D eigenvalue weighted by atomic mass is 19.1. The molecule has 1 fully saturated rings. The average molecular weight is 267 g/mol. The topological polar surface area (TPSA) is 69.4 Å². The lowest BCUT2D eigenvalue weighted by Gasteiger charge is -2.09. The second kappa shape index (κ2) is 5.77. The molecule has 1 aliphatic carbocycles. The van der Waals surface area contributed by atoms with E-state index in [0.29, 0.717) is 12.5 Å². The fraction of sp³-hybridized carbons (Fsp3) is 0.462. The molecule has 19 heavy (non-hydrogen) atoms. The molecule has 1 aromatic rings. The van der Waals surface area contributed by atoms with Crippen molar-refractivity contribution in [2.24, 2.45) is 5.92 Å². The molecule has 5 nitrogen and oxygen atoms in total. The second-order valence-electron chi connectivity index (χ2n) is 4.67. The van der Waals surface area contributed by atoms with E-state index in [4.69, 9.17) is 4.74 Å². The minimum atomic E-state index is -1.03. The van der Waals surface area contributed by atoms with Gasteiger partial charge >= 0.3 is 11.7 Å². The lowest BCUT2D eigenvalue weighted by atomic mass is 10.1. The van der Waals surface area contributed by atoms with Crippen LogP contribution in [0.1, 0.15) is 36.0 Å². The zero-order chi connectivity index (χ0) is 13.8. The Morgan fingerprint density at radius 3 is 2.68 bits per heavy atom. The summed E-state index contributed by atoms with van der Waals surface area (Å²) in [5.74, 6) is -1.28. The van der Waals surface area contributed by atoms with Crippen LogP contribution in [0.3, 0.4) is 0 Å². The summed E-state index contributed by atoms with van der Waals surface area (Å²) in [7, 11) is 0. The molecule has 0 radical (unpaired) electrons.